The molecule has 52 heavy (non-hydrogen) atoms. The fourth-order valence-corrected chi connectivity index (χ4v) is 8.58. The van der Waals surface area contributed by atoms with Gasteiger partial charge in [0.25, 0.3) is 0 Å². The van der Waals surface area contributed by atoms with Crippen LogP contribution in [0.1, 0.15) is 22.3 Å². The Morgan fingerprint density at radius 3 is 1.56 bits per heavy atom. The van der Waals surface area contributed by atoms with Crippen molar-refractivity contribution in [2.75, 3.05) is 4.90 Å². The Morgan fingerprint density at radius 1 is 0.327 bits per heavy atom. The van der Waals surface area contributed by atoms with Crippen LogP contribution in [0.4, 0.5) is 17.1 Å². The van der Waals surface area contributed by atoms with Gasteiger partial charge in [0.2, 0.25) is 0 Å². The summed E-state index contributed by atoms with van der Waals surface area (Å²) in [6.45, 7) is 0. The summed E-state index contributed by atoms with van der Waals surface area (Å²) in [6.07, 6.45) is 0. The van der Waals surface area contributed by atoms with Crippen LogP contribution in [0.3, 0.4) is 0 Å². The maximum Gasteiger partial charge on any atom is 0.0714 e. The summed E-state index contributed by atoms with van der Waals surface area (Å²) in [5.41, 5.74) is 13.0. The SMILES string of the molecule is c1ccc(-c2ccc(N(c3ccc4c(c3)C(c3ccccc3)(c3ccccc3)c3ccc5ccccc5c3-4)c3ccc4ccccc4c3)cc2)cc1. The Bertz CT molecular complexity index is 2670. The van der Waals surface area contributed by atoms with Crippen LogP contribution in [0.5, 0.6) is 0 Å². The van der Waals surface area contributed by atoms with Crippen molar-refractivity contribution in [3.8, 4) is 22.3 Å². The van der Waals surface area contributed by atoms with Gasteiger partial charge in [-0.25, -0.2) is 0 Å². The van der Waals surface area contributed by atoms with Crippen LogP contribution in [-0.2, 0) is 5.41 Å². The van der Waals surface area contributed by atoms with E-state index in [2.05, 4.69) is 217 Å². The highest BCUT2D eigenvalue weighted by Crippen LogP contribution is 2.58. The number of nitrogens with zero attached hydrogens (tertiary/aromatic N) is 1. The highest BCUT2D eigenvalue weighted by atomic mass is 15.1. The van der Waals surface area contributed by atoms with E-state index in [-0.39, 0.29) is 0 Å². The normalized spacial score (nSPS) is 12.8. The van der Waals surface area contributed by atoms with Gasteiger partial charge in [0.1, 0.15) is 0 Å². The number of fused-ring (bicyclic) bond motifs is 6. The van der Waals surface area contributed by atoms with Crippen molar-refractivity contribution in [2.24, 2.45) is 0 Å². The lowest BCUT2D eigenvalue weighted by atomic mass is 9.67. The van der Waals surface area contributed by atoms with Gasteiger partial charge in [0.05, 0.1) is 5.41 Å². The van der Waals surface area contributed by atoms with Crippen LogP contribution in [0.25, 0.3) is 43.8 Å². The van der Waals surface area contributed by atoms with Gasteiger partial charge in [-0.05, 0) is 102 Å². The minimum atomic E-state index is -0.514. The van der Waals surface area contributed by atoms with Gasteiger partial charge in [-0.3, -0.25) is 0 Å². The predicted octanol–water partition coefficient (Wildman–Crippen LogP) is 13.5. The fourth-order valence-electron chi connectivity index (χ4n) is 8.58. The molecule has 0 fully saturated rings. The van der Waals surface area contributed by atoms with Crippen LogP contribution in [0, 0.1) is 0 Å². The van der Waals surface area contributed by atoms with Crippen LogP contribution in [0.2, 0.25) is 0 Å². The Balaban J connectivity index is 1.25. The number of benzene rings is 9. The van der Waals surface area contributed by atoms with E-state index in [1.54, 1.807) is 0 Å². The molecule has 0 amide bonds. The summed E-state index contributed by atoms with van der Waals surface area (Å²) >= 11 is 0. The number of hydrogen-bond acceptors (Lipinski definition) is 1. The summed E-state index contributed by atoms with van der Waals surface area (Å²) in [5.74, 6) is 0. The minimum Gasteiger partial charge on any atom is -0.310 e. The second kappa shape index (κ2) is 12.3. The Labute approximate surface area is 304 Å². The average molecular weight is 662 g/mol. The van der Waals surface area contributed by atoms with Gasteiger partial charge in [0.15, 0.2) is 0 Å². The monoisotopic (exact) mass is 661 g/mol. The third-order valence-corrected chi connectivity index (χ3v) is 10.9. The second-order valence-electron chi connectivity index (χ2n) is 13.7. The summed E-state index contributed by atoms with van der Waals surface area (Å²) in [7, 11) is 0. The third-order valence-electron chi connectivity index (χ3n) is 10.9. The van der Waals surface area contributed by atoms with E-state index in [9.17, 15) is 0 Å². The van der Waals surface area contributed by atoms with Gasteiger partial charge >= 0.3 is 0 Å². The minimum absolute atomic E-state index is 0.514. The van der Waals surface area contributed by atoms with Crippen molar-refractivity contribution in [3.63, 3.8) is 0 Å². The van der Waals surface area contributed by atoms with Gasteiger partial charge < -0.3 is 4.90 Å². The van der Waals surface area contributed by atoms with Crippen LogP contribution < -0.4 is 4.90 Å². The lowest BCUT2D eigenvalue weighted by molar-refractivity contribution is 0.769. The predicted molar refractivity (Wildman–Crippen MR) is 219 cm³/mol. The van der Waals surface area contributed by atoms with Gasteiger partial charge in [-0.15, -0.1) is 0 Å². The summed E-state index contributed by atoms with van der Waals surface area (Å²) in [6, 6.07) is 77.9. The molecule has 9 aromatic carbocycles. The van der Waals surface area contributed by atoms with E-state index >= 15 is 0 Å². The number of hydrogen-bond donors (Lipinski definition) is 0. The van der Waals surface area contributed by atoms with Gasteiger partial charge in [-0.2, -0.15) is 0 Å². The molecular formula is C51H35N. The molecule has 1 heteroatoms. The number of anilines is 3. The van der Waals surface area contributed by atoms with Crippen molar-refractivity contribution in [2.45, 2.75) is 5.41 Å². The maximum atomic E-state index is 2.46. The van der Waals surface area contributed by atoms with Crippen LogP contribution >= 0.6 is 0 Å². The smallest absolute Gasteiger partial charge is 0.0714 e. The second-order valence-corrected chi connectivity index (χ2v) is 13.7. The van der Waals surface area contributed by atoms with Crippen molar-refractivity contribution in [3.05, 3.63) is 235 Å². The fraction of sp³-hybridized carbons (Fsp3) is 0.0196. The summed E-state index contributed by atoms with van der Waals surface area (Å²) < 4.78 is 0. The summed E-state index contributed by atoms with van der Waals surface area (Å²) in [4.78, 5) is 2.42. The largest absolute Gasteiger partial charge is 0.310 e. The van der Waals surface area contributed by atoms with Crippen molar-refractivity contribution >= 4 is 38.6 Å². The molecule has 0 aromatic heterocycles. The van der Waals surface area contributed by atoms with E-state index < -0.39 is 5.41 Å². The molecule has 0 unspecified atom stereocenters. The Morgan fingerprint density at radius 2 is 0.846 bits per heavy atom. The molecule has 0 radical (unpaired) electrons. The zero-order valence-corrected chi connectivity index (χ0v) is 28.7. The van der Waals surface area contributed by atoms with Crippen molar-refractivity contribution in [1.82, 2.24) is 0 Å². The van der Waals surface area contributed by atoms with Gasteiger partial charge in [0, 0.05) is 17.1 Å². The molecule has 0 heterocycles. The molecule has 244 valence electrons. The standard InChI is InChI=1S/C51H35N/c1-4-14-36(15-5-1)38-24-28-43(29-25-38)52(44-30-26-37-16-10-11-18-40(37)34-44)45-31-32-47-49(35-45)51(41-19-6-2-7-20-41,42-21-8-3-9-22-42)48-33-27-39-17-12-13-23-46(39)50(47)48/h1-35H. The van der Waals surface area contributed by atoms with Crippen LogP contribution in [0.15, 0.2) is 212 Å². The van der Waals surface area contributed by atoms with E-state index in [0.717, 1.165) is 17.1 Å². The van der Waals surface area contributed by atoms with E-state index in [4.69, 9.17) is 0 Å². The first-order chi connectivity index (χ1) is 25.8. The van der Waals surface area contributed by atoms with E-state index in [0.29, 0.717) is 0 Å². The Kier molecular flexibility index (Phi) is 7.11. The van der Waals surface area contributed by atoms with Crippen molar-refractivity contribution < 1.29 is 0 Å². The van der Waals surface area contributed by atoms with E-state index in [1.807, 2.05) is 0 Å². The first-order valence-corrected chi connectivity index (χ1v) is 18.0. The van der Waals surface area contributed by atoms with Crippen LogP contribution in [-0.4, -0.2) is 0 Å². The molecule has 0 saturated heterocycles. The molecule has 10 rings (SSSR count). The maximum absolute atomic E-state index is 2.46. The van der Waals surface area contributed by atoms with Crippen molar-refractivity contribution in [1.29, 1.82) is 0 Å². The molecule has 1 nitrogen and oxygen atoms in total. The quantitative estimate of drug-likeness (QED) is 0.171. The highest BCUT2D eigenvalue weighted by Gasteiger charge is 2.47. The lowest BCUT2D eigenvalue weighted by Crippen LogP contribution is -2.28. The number of rotatable bonds is 6. The van der Waals surface area contributed by atoms with Gasteiger partial charge in [-0.1, -0.05) is 176 Å². The molecule has 9 aromatic rings. The Hall–Kier alpha value is -6.70. The molecule has 0 aliphatic heterocycles. The molecule has 0 spiro atoms. The molecular weight excluding hydrogens is 627 g/mol. The first kappa shape index (κ1) is 30.2. The molecule has 0 bridgehead atoms. The zero-order chi connectivity index (χ0) is 34.5. The average Bonchev–Trinajstić information content (AvgIpc) is 3.53. The third kappa shape index (κ3) is 4.71. The molecule has 0 saturated carbocycles. The molecule has 0 N–H and O–H groups in total. The highest BCUT2D eigenvalue weighted by molar-refractivity contribution is 6.04. The summed E-state index contributed by atoms with van der Waals surface area (Å²) in [5, 5.41) is 4.98. The zero-order valence-electron chi connectivity index (χ0n) is 28.7. The van der Waals surface area contributed by atoms with E-state index in [1.165, 1.54) is 66.1 Å². The molecule has 1 aliphatic carbocycles. The molecule has 0 atom stereocenters. The topological polar surface area (TPSA) is 3.24 Å². The lowest BCUT2D eigenvalue weighted by Gasteiger charge is -2.35. The first-order valence-electron chi connectivity index (χ1n) is 18.0. The molecule has 1 aliphatic rings.